The number of likely N-dealkylation sites (tertiary alicyclic amines) is 1. The van der Waals surface area contributed by atoms with E-state index < -0.39 is 0 Å². The summed E-state index contributed by atoms with van der Waals surface area (Å²) in [5.74, 6) is 0.708. The molecule has 148 valence electrons. The van der Waals surface area contributed by atoms with Crippen LogP contribution in [0.15, 0.2) is 54.6 Å². The van der Waals surface area contributed by atoms with Crippen LogP contribution >= 0.6 is 0 Å². The summed E-state index contributed by atoms with van der Waals surface area (Å²) in [5.41, 5.74) is 2.18. The largest absolute Gasteiger partial charge is 0.496 e. The predicted molar refractivity (Wildman–Crippen MR) is 109 cm³/mol. The molecular formula is C23H28N2O3. The normalized spacial score (nSPS) is 16.3. The lowest BCUT2D eigenvalue weighted by molar-refractivity contribution is -0.136. The molecule has 2 amide bonds. The third-order valence-electron chi connectivity index (χ3n) is 5.32. The van der Waals surface area contributed by atoms with Crippen LogP contribution in [0, 0.1) is 5.92 Å². The van der Waals surface area contributed by atoms with E-state index in [0.717, 1.165) is 23.3 Å². The minimum Gasteiger partial charge on any atom is -0.496 e. The molecule has 1 aliphatic rings. The molecule has 0 radical (unpaired) electrons. The highest BCUT2D eigenvalue weighted by molar-refractivity contribution is 5.89. The molecule has 0 aliphatic carbocycles. The smallest absolute Gasteiger partial charge is 0.228 e. The quantitative estimate of drug-likeness (QED) is 0.707. The predicted octanol–water partition coefficient (Wildman–Crippen LogP) is 3.13. The van der Waals surface area contributed by atoms with Crippen molar-refractivity contribution >= 4 is 11.8 Å². The van der Waals surface area contributed by atoms with Crippen LogP contribution in [0.4, 0.5) is 0 Å². The van der Waals surface area contributed by atoms with Gasteiger partial charge in [-0.15, -0.1) is 0 Å². The molecule has 1 aliphatic heterocycles. The fraction of sp³-hybridized carbons (Fsp3) is 0.391. The molecule has 1 heterocycles. The fourth-order valence-electron chi connectivity index (χ4n) is 3.73. The number of carbonyl (C=O) groups excluding carboxylic acids is 2. The summed E-state index contributed by atoms with van der Waals surface area (Å²) in [4.78, 5) is 29.1. The van der Waals surface area contributed by atoms with Gasteiger partial charge in [0.15, 0.2) is 0 Å². The lowest BCUT2D eigenvalue weighted by Crippen LogP contribution is -2.37. The van der Waals surface area contributed by atoms with E-state index in [4.69, 9.17) is 4.74 Å². The molecule has 0 bridgehead atoms. The highest BCUT2D eigenvalue weighted by Gasteiger charge is 2.36. The SMILES string of the molecule is CCN(Cc1ccccc1)C(=O)C1CC(=O)N(CCc2ccccc2OC)C1. The molecule has 28 heavy (non-hydrogen) atoms. The van der Waals surface area contributed by atoms with E-state index >= 15 is 0 Å². The van der Waals surface area contributed by atoms with Gasteiger partial charge in [-0.25, -0.2) is 0 Å². The Labute approximate surface area is 166 Å². The third kappa shape index (κ3) is 4.71. The van der Waals surface area contributed by atoms with Crippen molar-refractivity contribution < 1.29 is 14.3 Å². The Morgan fingerprint density at radius 2 is 1.86 bits per heavy atom. The number of ether oxygens (including phenoxy) is 1. The average Bonchev–Trinajstić information content (AvgIpc) is 3.11. The number of methoxy groups -OCH3 is 1. The summed E-state index contributed by atoms with van der Waals surface area (Å²) < 4.78 is 5.39. The van der Waals surface area contributed by atoms with Gasteiger partial charge in [0.25, 0.3) is 0 Å². The number of rotatable bonds is 8. The summed E-state index contributed by atoms with van der Waals surface area (Å²) in [6.45, 7) is 4.31. The summed E-state index contributed by atoms with van der Waals surface area (Å²) in [6, 6.07) is 17.8. The first-order valence-electron chi connectivity index (χ1n) is 9.84. The first-order chi connectivity index (χ1) is 13.6. The number of hydrogen-bond acceptors (Lipinski definition) is 3. The minimum atomic E-state index is -0.256. The maximum Gasteiger partial charge on any atom is 0.228 e. The number of hydrogen-bond donors (Lipinski definition) is 0. The highest BCUT2D eigenvalue weighted by Crippen LogP contribution is 2.23. The van der Waals surface area contributed by atoms with E-state index in [1.165, 1.54) is 0 Å². The molecule has 1 fully saturated rings. The topological polar surface area (TPSA) is 49.9 Å². The lowest BCUT2D eigenvalue weighted by Gasteiger charge is -2.24. The zero-order valence-corrected chi connectivity index (χ0v) is 16.6. The van der Waals surface area contributed by atoms with Crippen LogP contribution in [0.1, 0.15) is 24.5 Å². The Balaban J connectivity index is 1.59. The van der Waals surface area contributed by atoms with E-state index in [1.54, 1.807) is 7.11 Å². The average molecular weight is 380 g/mol. The standard InChI is InChI=1S/C23H28N2O3/c1-3-24(16-18-9-5-4-6-10-18)23(27)20-15-22(26)25(17-20)14-13-19-11-7-8-12-21(19)28-2/h4-12,20H,3,13-17H2,1-2H3. The lowest BCUT2D eigenvalue weighted by atomic mass is 10.1. The second kappa shape index (κ2) is 9.40. The van der Waals surface area contributed by atoms with E-state index in [1.807, 2.05) is 71.3 Å². The number of carbonyl (C=O) groups is 2. The summed E-state index contributed by atoms with van der Waals surface area (Å²) in [6.07, 6.45) is 1.02. The maximum atomic E-state index is 13.0. The molecule has 0 N–H and O–H groups in total. The molecule has 5 heteroatoms. The minimum absolute atomic E-state index is 0.0593. The molecule has 5 nitrogen and oxygen atoms in total. The van der Waals surface area contributed by atoms with Crippen molar-refractivity contribution in [2.45, 2.75) is 26.3 Å². The van der Waals surface area contributed by atoms with Crippen LogP contribution in [0.2, 0.25) is 0 Å². The molecule has 0 saturated carbocycles. The molecular weight excluding hydrogens is 352 g/mol. The molecule has 0 spiro atoms. The van der Waals surface area contributed by atoms with Crippen LogP contribution < -0.4 is 4.74 Å². The Bertz CT molecular complexity index is 807. The first-order valence-corrected chi connectivity index (χ1v) is 9.84. The van der Waals surface area contributed by atoms with Crippen molar-refractivity contribution in [2.24, 2.45) is 5.92 Å². The summed E-state index contributed by atoms with van der Waals surface area (Å²) >= 11 is 0. The Hall–Kier alpha value is -2.82. The van der Waals surface area contributed by atoms with Gasteiger partial charge in [0, 0.05) is 32.6 Å². The summed E-state index contributed by atoms with van der Waals surface area (Å²) in [5, 5.41) is 0. The zero-order valence-electron chi connectivity index (χ0n) is 16.6. The van der Waals surface area contributed by atoms with E-state index in [0.29, 0.717) is 32.6 Å². The number of amides is 2. The van der Waals surface area contributed by atoms with Crippen molar-refractivity contribution in [2.75, 3.05) is 26.7 Å². The second-order valence-corrected chi connectivity index (χ2v) is 7.14. The zero-order chi connectivity index (χ0) is 19.9. The summed E-state index contributed by atoms with van der Waals surface area (Å²) in [7, 11) is 1.65. The molecule has 0 aromatic heterocycles. The Morgan fingerprint density at radius 3 is 2.57 bits per heavy atom. The van der Waals surface area contributed by atoms with Crippen molar-refractivity contribution in [3.05, 3.63) is 65.7 Å². The van der Waals surface area contributed by atoms with Crippen molar-refractivity contribution in [3.63, 3.8) is 0 Å². The van der Waals surface area contributed by atoms with Gasteiger partial charge in [0.2, 0.25) is 11.8 Å². The van der Waals surface area contributed by atoms with Crippen LogP contribution in [-0.2, 0) is 22.6 Å². The molecule has 2 aromatic carbocycles. The van der Waals surface area contributed by atoms with Gasteiger partial charge in [0.1, 0.15) is 5.75 Å². The van der Waals surface area contributed by atoms with E-state index in [-0.39, 0.29) is 17.7 Å². The van der Waals surface area contributed by atoms with Crippen LogP contribution in [0.25, 0.3) is 0 Å². The monoisotopic (exact) mass is 380 g/mol. The molecule has 2 aromatic rings. The number of benzene rings is 2. The second-order valence-electron chi connectivity index (χ2n) is 7.14. The van der Waals surface area contributed by atoms with Crippen molar-refractivity contribution in [1.82, 2.24) is 9.80 Å². The fourth-order valence-corrected chi connectivity index (χ4v) is 3.73. The number of nitrogens with zero attached hydrogens (tertiary/aromatic N) is 2. The van der Waals surface area contributed by atoms with Gasteiger partial charge in [-0.05, 0) is 30.5 Å². The van der Waals surface area contributed by atoms with Gasteiger partial charge in [-0.1, -0.05) is 48.5 Å². The number of para-hydroxylation sites is 1. The van der Waals surface area contributed by atoms with Gasteiger partial charge in [0.05, 0.1) is 13.0 Å². The first kappa shape index (κ1) is 19.9. The van der Waals surface area contributed by atoms with E-state index in [9.17, 15) is 9.59 Å². The molecule has 1 saturated heterocycles. The Morgan fingerprint density at radius 1 is 1.14 bits per heavy atom. The van der Waals surface area contributed by atoms with E-state index in [2.05, 4.69) is 0 Å². The van der Waals surface area contributed by atoms with Gasteiger partial charge in [-0.3, -0.25) is 9.59 Å². The highest BCUT2D eigenvalue weighted by atomic mass is 16.5. The van der Waals surface area contributed by atoms with Crippen LogP contribution in [0.5, 0.6) is 5.75 Å². The molecule has 1 unspecified atom stereocenters. The Kier molecular flexibility index (Phi) is 6.69. The van der Waals surface area contributed by atoms with Gasteiger partial charge >= 0.3 is 0 Å². The molecule has 1 atom stereocenters. The van der Waals surface area contributed by atoms with Crippen molar-refractivity contribution in [3.8, 4) is 5.75 Å². The molecule has 3 rings (SSSR count). The van der Waals surface area contributed by atoms with Gasteiger partial charge < -0.3 is 14.5 Å². The third-order valence-corrected chi connectivity index (χ3v) is 5.32. The maximum absolute atomic E-state index is 13.0. The van der Waals surface area contributed by atoms with Gasteiger partial charge in [-0.2, -0.15) is 0 Å². The van der Waals surface area contributed by atoms with Crippen LogP contribution in [0.3, 0.4) is 0 Å². The van der Waals surface area contributed by atoms with Crippen molar-refractivity contribution in [1.29, 1.82) is 0 Å². The van der Waals surface area contributed by atoms with Crippen LogP contribution in [-0.4, -0.2) is 48.4 Å².